The number of hydrogen-bond donors (Lipinski definition) is 2. The second-order valence-electron chi connectivity index (χ2n) is 7.61. The highest BCUT2D eigenvalue weighted by molar-refractivity contribution is 4.73. The SMILES string of the molecule is CC(CO)(COCCCOCC(C)(CO)COCC(F)(F)F)COCC(F)(F)F. The zero-order valence-corrected chi connectivity index (χ0v) is 16.6. The van der Waals surface area contributed by atoms with Crippen molar-refractivity contribution in [3.8, 4) is 0 Å². The predicted molar refractivity (Wildman–Crippen MR) is 90.4 cm³/mol. The molecule has 176 valence electrons. The van der Waals surface area contributed by atoms with E-state index in [9.17, 15) is 36.6 Å². The lowest BCUT2D eigenvalue weighted by Gasteiger charge is -2.27. The molecule has 0 radical (unpaired) electrons. The van der Waals surface area contributed by atoms with Crippen molar-refractivity contribution in [3.05, 3.63) is 0 Å². The van der Waals surface area contributed by atoms with Gasteiger partial charge in [0.25, 0.3) is 0 Å². The first kappa shape index (κ1) is 28.3. The minimum atomic E-state index is -4.45. The molecule has 0 bridgehead atoms. The fourth-order valence-corrected chi connectivity index (χ4v) is 1.99. The minimum Gasteiger partial charge on any atom is -0.396 e. The van der Waals surface area contributed by atoms with Gasteiger partial charge < -0.3 is 29.2 Å². The van der Waals surface area contributed by atoms with Crippen LogP contribution in [0.3, 0.4) is 0 Å². The molecule has 0 aromatic carbocycles. The van der Waals surface area contributed by atoms with E-state index >= 15 is 0 Å². The van der Waals surface area contributed by atoms with Crippen molar-refractivity contribution in [1.29, 1.82) is 0 Å². The van der Waals surface area contributed by atoms with Gasteiger partial charge in [-0.15, -0.1) is 0 Å². The molecule has 0 aromatic heterocycles. The monoisotopic (exact) mass is 444 g/mol. The van der Waals surface area contributed by atoms with E-state index < -0.39 is 49.6 Å². The van der Waals surface area contributed by atoms with Crippen LogP contribution in [-0.2, 0) is 18.9 Å². The third-order valence-corrected chi connectivity index (χ3v) is 3.67. The van der Waals surface area contributed by atoms with Gasteiger partial charge in [-0.2, -0.15) is 26.3 Å². The fourth-order valence-electron chi connectivity index (χ4n) is 1.99. The molecule has 6 nitrogen and oxygen atoms in total. The van der Waals surface area contributed by atoms with E-state index in [0.717, 1.165) is 0 Å². The summed E-state index contributed by atoms with van der Waals surface area (Å²) in [5.74, 6) is 0. The quantitative estimate of drug-likeness (QED) is 0.282. The molecule has 0 aromatic rings. The second kappa shape index (κ2) is 12.9. The number of aliphatic hydroxyl groups excluding tert-OH is 2. The number of hydrogen-bond acceptors (Lipinski definition) is 6. The highest BCUT2D eigenvalue weighted by Gasteiger charge is 2.32. The third kappa shape index (κ3) is 15.8. The van der Waals surface area contributed by atoms with Crippen LogP contribution >= 0.6 is 0 Å². The van der Waals surface area contributed by atoms with E-state index in [2.05, 4.69) is 9.47 Å². The first-order valence-electron chi connectivity index (χ1n) is 8.90. The molecule has 0 spiro atoms. The molecule has 0 saturated heterocycles. The summed E-state index contributed by atoms with van der Waals surface area (Å²) in [5, 5.41) is 18.6. The second-order valence-corrected chi connectivity index (χ2v) is 7.61. The third-order valence-electron chi connectivity index (χ3n) is 3.67. The summed E-state index contributed by atoms with van der Waals surface area (Å²) in [7, 11) is 0. The Morgan fingerprint density at radius 1 is 0.552 bits per heavy atom. The summed E-state index contributed by atoms with van der Waals surface area (Å²) in [6.07, 6.45) is -8.50. The molecule has 2 atom stereocenters. The Kier molecular flexibility index (Phi) is 12.6. The maximum Gasteiger partial charge on any atom is 0.411 e. The van der Waals surface area contributed by atoms with Crippen LogP contribution in [0.1, 0.15) is 20.3 Å². The molecule has 2 unspecified atom stereocenters. The summed E-state index contributed by atoms with van der Waals surface area (Å²) in [6.45, 7) is -0.951. The minimum absolute atomic E-state index is 0.0268. The fraction of sp³-hybridized carbons (Fsp3) is 1.00. The molecule has 0 fully saturated rings. The van der Waals surface area contributed by atoms with Crippen LogP contribution < -0.4 is 0 Å². The maximum atomic E-state index is 12.1. The summed E-state index contributed by atoms with van der Waals surface area (Å²) >= 11 is 0. The van der Waals surface area contributed by atoms with Crippen molar-refractivity contribution >= 4 is 0 Å². The van der Waals surface area contributed by atoms with Gasteiger partial charge in [-0.05, 0) is 6.42 Å². The van der Waals surface area contributed by atoms with Crippen molar-refractivity contribution in [2.45, 2.75) is 32.6 Å². The van der Waals surface area contributed by atoms with Gasteiger partial charge in [-0.25, -0.2) is 0 Å². The summed E-state index contributed by atoms with van der Waals surface area (Å²) in [6, 6.07) is 0. The normalized spacial score (nSPS) is 17.2. The van der Waals surface area contributed by atoms with Crippen molar-refractivity contribution in [3.63, 3.8) is 0 Å². The number of alkyl halides is 6. The van der Waals surface area contributed by atoms with Gasteiger partial charge >= 0.3 is 12.4 Å². The highest BCUT2D eigenvalue weighted by Crippen LogP contribution is 2.21. The number of aliphatic hydroxyl groups is 2. The van der Waals surface area contributed by atoms with E-state index in [-0.39, 0.29) is 39.6 Å². The van der Waals surface area contributed by atoms with Gasteiger partial charge in [-0.1, -0.05) is 13.8 Å². The summed E-state index contributed by atoms with van der Waals surface area (Å²) in [5.41, 5.74) is -1.98. The van der Waals surface area contributed by atoms with E-state index in [1.165, 1.54) is 13.8 Å². The van der Waals surface area contributed by atoms with Gasteiger partial charge in [0.2, 0.25) is 0 Å². The number of rotatable bonds is 16. The van der Waals surface area contributed by atoms with Crippen molar-refractivity contribution < 1.29 is 55.5 Å². The molecule has 2 N–H and O–H groups in total. The van der Waals surface area contributed by atoms with Crippen LogP contribution in [0.25, 0.3) is 0 Å². The zero-order chi connectivity index (χ0) is 22.6. The maximum absolute atomic E-state index is 12.1. The Bertz CT molecular complexity index is 396. The number of halogens is 6. The Labute approximate surface area is 166 Å². The first-order chi connectivity index (χ1) is 13.2. The lowest BCUT2D eigenvalue weighted by Crippen LogP contribution is -2.35. The molecular weight excluding hydrogens is 414 g/mol. The smallest absolute Gasteiger partial charge is 0.396 e. The molecule has 0 rings (SSSR count). The van der Waals surface area contributed by atoms with Crippen LogP contribution in [0.5, 0.6) is 0 Å². The molecule has 29 heavy (non-hydrogen) atoms. The Hall–Kier alpha value is -0.660. The molecule has 0 aliphatic heterocycles. The summed E-state index contributed by atoms with van der Waals surface area (Å²) < 4.78 is 92.3. The van der Waals surface area contributed by atoms with E-state index in [1.807, 2.05) is 0 Å². The topological polar surface area (TPSA) is 77.4 Å². The largest absolute Gasteiger partial charge is 0.411 e. The van der Waals surface area contributed by atoms with Crippen LogP contribution in [0, 0.1) is 10.8 Å². The Balaban J connectivity index is 3.97. The lowest BCUT2D eigenvalue weighted by molar-refractivity contribution is -0.184. The van der Waals surface area contributed by atoms with E-state index in [1.54, 1.807) is 0 Å². The standard InChI is InChI=1S/C17H30F6O6/c1-14(6-24,10-28-12-16(18,19)20)8-26-4-3-5-27-9-15(2,7-25)11-29-13-17(21,22)23/h24-25H,3-13H2,1-2H3. The van der Waals surface area contributed by atoms with Crippen LogP contribution in [-0.4, -0.2) is 88.6 Å². The average molecular weight is 444 g/mol. The van der Waals surface area contributed by atoms with E-state index in [4.69, 9.17) is 9.47 Å². The average Bonchev–Trinajstić information content (AvgIpc) is 2.58. The molecule has 0 heterocycles. The molecule has 0 aliphatic rings. The van der Waals surface area contributed by atoms with Crippen molar-refractivity contribution in [2.75, 3.05) is 66.1 Å². The first-order valence-corrected chi connectivity index (χ1v) is 8.90. The molecule has 0 saturated carbocycles. The Morgan fingerprint density at radius 2 is 0.862 bits per heavy atom. The predicted octanol–water partition coefficient (Wildman–Crippen LogP) is 2.56. The van der Waals surface area contributed by atoms with Gasteiger partial charge in [0, 0.05) is 24.0 Å². The van der Waals surface area contributed by atoms with Gasteiger partial charge in [0.05, 0.1) is 39.6 Å². The molecule has 12 heteroatoms. The van der Waals surface area contributed by atoms with Crippen LogP contribution in [0.2, 0.25) is 0 Å². The van der Waals surface area contributed by atoms with Gasteiger partial charge in [0.15, 0.2) is 0 Å². The Morgan fingerprint density at radius 3 is 1.14 bits per heavy atom. The van der Waals surface area contributed by atoms with Crippen LogP contribution in [0.15, 0.2) is 0 Å². The summed E-state index contributed by atoms with van der Waals surface area (Å²) in [4.78, 5) is 0. The molecule has 0 amide bonds. The van der Waals surface area contributed by atoms with Gasteiger partial charge in [0.1, 0.15) is 13.2 Å². The van der Waals surface area contributed by atoms with Crippen molar-refractivity contribution in [1.82, 2.24) is 0 Å². The lowest BCUT2D eigenvalue weighted by atomic mass is 9.94. The van der Waals surface area contributed by atoms with Gasteiger partial charge in [-0.3, -0.25) is 0 Å². The molecule has 0 aliphatic carbocycles. The van der Waals surface area contributed by atoms with E-state index in [0.29, 0.717) is 6.42 Å². The molecular formula is C17H30F6O6. The highest BCUT2D eigenvalue weighted by atomic mass is 19.4. The van der Waals surface area contributed by atoms with Crippen LogP contribution in [0.4, 0.5) is 26.3 Å². The number of ether oxygens (including phenoxy) is 4. The van der Waals surface area contributed by atoms with Crippen molar-refractivity contribution in [2.24, 2.45) is 10.8 Å². The zero-order valence-electron chi connectivity index (χ0n) is 16.6.